The Balaban J connectivity index is 1.52. The molecule has 0 bridgehead atoms. The molecular formula is C20H28N4O4S3. The maximum absolute atomic E-state index is 12.6. The van der Waals surface area contributed by atoms with Gasteiger partial charge in [0.15, 0.2) is 5.13 Å². The maximum Gasteiger partial charge on any atom is 0.229 e. The summed E-state index contributed by atoms with van der Waals surface area (Å²) >= 11 is 2.92. The number of carbonyl (C=O) groups excluding carboxylic acids is 2. The van der Waals surface area contributed by atoms with Crippen molar-refractivity contribution in [3.05, 3.63) is 22.4 Å². The van der Waals surface area contributed by atoms with E-state index in [1.54, 1.807) is 11.3 Å². The van der Waals surface area contributed by atoms with Gasteiger partial charge in [0, 0.05) is 36.2 Å². The second kappa shape index (κ2) is 10.7. The zero-order valence-electron chi connectivity index (χ0n) is 17.7. The van der Waals surface area contributed by atoms with Crippen molar-refractivity contribution >= 4 is 49.6 Å². The monoisotopic (exact) mass is 484 g/mol. The first-order valence-electron chi connectivity index (χ1n) is 10.4. The van der Waals surface area contributed by atoms with Crippen molar-refractivity contribution in [1.29, 1.82) is 0 Å². The van der Waals surface area contributed by atoms with E-state index >= 15 is 0 Å². The maximum atomic E-state index is 12.6. The molecule has 0 saturated carbocycles. The number of unbranched alkanes of at least 4 members (excludes halogenated alkanes) is 1. The lowest BCUT2D eigenvalue weighted by Crippen LogP contribution is -2.42. The van der Waals surface area contributed by atoms with Crippen LogP contribution in [0, 0.1) is 5.92 Å². The highest BCUT2D eigenvalue weighted by molar-refractivity contribution is 7.89. The Morgan fingerprint density at radius 2 is 2.00 bits per heavy atom. The molecule has 11 heteroatoms. The molecule has 1 aliphatic rings. The number of hydrogen-bond acceptors (Lipinski definition) is 7. The van der Waals surface area contributed by atoms with Gasteiger partial charge in [0.1, 0.15) is 0 Å². The number of nitrogens with one attached hydrogen (secondary N) is 2. The predicted molar refractivity (Wildman–Crippen MR) is 125 cm³/mol. The third-order valence-corrected chi connectivity index (χ3v) is 8.96. The Labute approximate surface area is 191 Å². The van der Waals surface area contributed by atoms with Crippen LogP contribution in [0.25, 0.3) is 10.6 Å². The fraction of sp³-hybridized carbons (Fsp3) is 0.550. The van der Waals surface area contributed by atoms with Gasteiger partial charge in [-0.3, -0.25) is 9.59 Å². The summed E-state index contributed by atoms with van der Waals surface area (Å²) in [6, 6.07) is 3.91. The van der Waals surface area contributed by atoms with Crippen molar-refractivity contribution in [2.75, 3.05) is 24.2 Å². The van der Waals surface area contributed by atoms with Gasteiger partial charge < -0.3 is 10.6 Å². The topological polar surface area (TPSA) is 108 Å². The molecule has 3 heterocycles. The van der Waals surface area contributed by atoms with Crippen molar-refractivity contribution in [3.63, 3.8) is 0 Å². The molecule has 3 rings (SSSR count). The molecule has 1 saturated heterocycles. The normalized spacial score (nSPS) is 15.7. The third kappa shape index (κ3) is 6.58. The van der Waals surface area contributed by atoms with Crippen LogP contribution < -0.4 is 10.6 Å². The van der Waals surface area contributed by atoms with Gasteiger partial charge in [-0.05, 0) is 31.4 Å². The van der Waals surface area contributed by atoms with E-state index < -0.39 is 10.0 Å². The number of sulfonamides is 1. The number of carbonyl (C=O) groups is 2. The number of thiazole rings is 1. The molecule has 0 aromatic carbocycles. The largest absolute Gasteiger partial charge is 0.351 e. The number of nitrogens with zero attached hydrogens (tertiary/aromatic N) is 2. The lowest BCUT2D eigenvalue weighted by Gasteiger charge is -2.30. The molecule has 1 aliphatic heterocycles. The Morgan fingerprint density at radius 1 is 1.26 bits per heavy atom. The van der Waals surface area contributed by atoms with Crippen LogP contribution in [0.1, 0.15) is 44.4 Å². The van der Waals surface area contributed by atoms with Gasteiger partial charge in [-0.25, -0.2) is 17.7 Å². The molecule has 0 aliphatic carbocycles. The minimum absolute atomic E-state index is 0.0713. The lowest BCUT2D eigenvalue weighted by atomic mass is 9.97. The second-order valence-corrected chi connectivity index (χ2v) is 11.7. The SMILES string of the molecule is CCCCS(=O)(=O)N1CCC(C(=O)Nc2nc(-c3ccc(CNC(C)=O)s3)cs2)CC1. The number of aromatic nitrogens is 1. The van der Waals surface area contributed by atoms with Crippen LogP contribution in [0.2, 0.25) is 0 Å². The molecule has 1 fully saturated rings. The lowest BCUT2D eigenvalue weighted by molar-refractivity contribution is -0.121. The summed E-state index contributed by atoms with van der Waals surface area (Å²) in [5.74, 6) is -0.213. The number of hydrogen-bond donors (Lipinski definition) is 2. The van der Waals surface area contributed by atoms with Gasteiger partial charge in [-0.2, -0.15) is 0 Å². The van der Waals surface area contributed by atoms with Crippen molar-refractivity contribution in [2.45, 2.75) is 46.1 Å². The van der Waals surface area contributed by atoms with Crippen LogP contribution in [-0.4, -0.2) is 48.4 Å². The van der Waals surface area contributed by atoms with E-state index in [9.17, 15) is 18.0 Å². The summed E-state index contributed by atoms with van der Waals surface area (Å²) in [5, 5.41) is 8.09. The van der Waals surface area contributed by atoms with Crippen LogP contribution in [-0.2, 0) is 26.2 Å². The van der Waals surface area contributed by atoms with E-state index in [1.165, 1.54) is 22.6 Å². The Bertz CT molecular complexity index is 1010. The van der Waals surface area contributed by atoms with Crippen LogP contribution >= 0.6 is 22.7 Å². The molecule has 8 nitrogen and oxygen atoms in total. The summed E-state index contributed by atoms with van der Waals surface area (Å²) in [5.41, 5.74) is 0.788. The average molecular weight is 485 g/mol. The number of piperidine rings is 1. The average Bonchev–Trinajstić information content (AvgIpc) is 3.40. The molecule has 170 valence electrons. The molecule has 31 heavy (non-hydrogen) atoms. The molecule has 0 atom stereocenters. The molecular weight excluding hydrogens is 456 g/mol. The highest BCUT2D eigenvalue weighted by Crippen LogP contribution is 2.31. The standard InChI is InChI=1S/C20H28N4O4S3/c1-3-4-11-31(27,28)24-9-7-15(8-10-24)19(26)23-20-22-17(13-29-20)18-6-5-16(30-18)12-21-14(2)25/h5-6,13,15H,3-4,7-12H2,1-2H3,(H,21,25)(H,22,23,26). The van der Waals surface area contributed by atoms with Crippen LogP contribution in [0.4, 0.5) is 5.13 Å². The second-order valence-electron chi connectivity index (χ2n) is 7.55. The van der Waals surface area contributed by atoms with Gasteiger partial charge in [-0.1, -0.05) is 13.3 Å². The summed E-state index contributed by atoms with van der Waals surface area (Å²) in [6.45, 7) is 4.72. The highest BCUT2D eigenvalue weighted by atomic mass is 32.2. The summed E-state index contributed by atoms with van der Waals surface area (Å²) in [6.07, 6.45) is 2.55. The fourth-order valence-corrected chi connectivity index (χ4v) is 6.70. The van der Waals surface area contributed by atoms with E-state index in [0.29, 0.717) is 44.0 Å². The van der Waals surface area contributed by atoms with Crippen LogP contribution in [0.3, 0.4) is 0 Å². The number of anilines is 1. The molecule has 0 spiro atoms. The van der Waals surface area contributed by atoms with Gasteiger partial charge in [-0.15, -0.1) is 22.7 Å². The van der Waals surface area contributed by atoms with Crippen molar-refractivity contribution in [1.82, 2.24) is 14.6 Å². The first kappa shape index (κ1) is 23.8. The van der Waals surface area contributed by atoms with E-state index in [2.05, 4.69) is 15.6 Å². The number of thiophene rings is 1. The number of amides is 2. The van der Waals surface area contributed by atoms with E-state index in [1.807, 2.05) is 24.4 Å². The molecule has 2 aromatic heterocycles. The highest BCUT2D eigenvalue weighted by Gasteiger charge is 2.31. The molecule has 0 radical (unpaired) electrons. The quantitative estimate of drug-likeness (QED) is 0.568. The summed E-state index contributed by atoms with van der Waals surface area (Å²) in [4.78, 5) is 30.2. The van der Waals surface area contributed by atoms with Crippen LogP contribution in [0.5, 0.6) is 0 Å². The van der Waals surface area contributed by atoms with Gasteiger partial charge in [0.25, 0.3) is 0 Å². The molecule has 0 unspecified atom stereocenters. The zero-order valence-corrected chi connectivity index (χ0v) is 20.2. The summed E-state index contributed by atoms with van der Waals surface area (Å²) in [7, 11) is -3.22. The van der Waals surface area contributed by atoms with Crippen molar-refractivity contribution in [3.8, 4) is 10.6 Å². The minimum atomic E-state index is -3.22. The smallest absolute Gasteiger partial charge is 0.229 e. The summed E-state index contributed by atoms with van der Waals surface area (Å²) < 4.78 is 26.2. The molecule has 2 amide bonds. The van der Waals surface area contributed by atoms with Crippen LogP contribution in [0.15, 0.2) is 17.5 Å². The van der Waals surface area contributed by atoms with Gasteiger partial charge in [0.2, 0.25) is 21.8 Å². The third-order valence-electron chi connectivity index (χ3n) is 5.13. The van der Waals surface area contributed by atoms with E-state index in [4.69, 9.17) is 0 Å². The fourth-order valence-electron chi connectivity index (χ4n) is 3.33. The first-order chi connectivity index (χ1) is 14.8. The predicted octanol–water partition coefficient (Wildman–Crippen LogP) is 3.29. The Morgan fingerprint density at radius 3 is 2.68 bits per heavy atom. The molecule has 2 N–H and O–H groups in total. The minimum Gasteiger partial charge on any atom is -0.351 e. The number of rotatable bonds is 9. The molecule has 2 aromatic rings. The van der Waals surface area contributed by atoms with Crippen molar-refractivity contribution in [2.24, 2.45) is 5.92 Å². The van der Waals surface area contributed by atoms with E-state index in [0.717, 1.165) is 21.9 Å². The van der Waals surface area contributed by atoms with E-state index in [-0.39, 0.29) is 23.5 Å². The Kier molecular flexibility index (Phi) is 8.20. The Hall–Kier alpha value is -1.82. The van der Waals surface area contributed by atoms with Gasteiger partial charge in [0.05, 0.1) is 22.9 Å². The van der Waals surface area contributed by atoms with Gasteiger partial charge >= 0.3 is 0 Å². The zero-order chi connectivity index (χ0) is 22.4. The first-order valence-corrected chi connectivity index (χ1v) is 13.7. The van der Waals surface area contributed by atoms with Crippen molar-refractivity contribution < 1.29 is 18.0 Å².